The van der Waals surface area contributed by atoms with Crippen LogP contribution in [0, 0.1) is 5.82 Å². The number of piperazine rings is 1. The second-order valence-electron chi connectivity index (χ2n) is 8.81. The van der Waals surface area contributed by atoms with Gasteiger partial charge in [-0.15, -0.1) is 24.8 Å². The van der Waals surface area contributed by atoms with Crippen molar-refractivity contribution < 1.29 is 14.3 Å². The van der Waals surface area contributed by atoms with E-state index in [4.69, 9.17) is 23.2 Å². The van der Waals surface area contributed by atoms with E-state index in [1.807, 2.05) is 12.1 Å². The average molecular weight is 538 g/mol. The summed E-state index contributed by atoms with van der Waals surface area (Å²) in [6.45, 7) is 7.59. The molecule has 33 heavy (non-hydrogen) atoms. The van der Waals surface area contributed by atoms with Crippen molar-refractivity contribution >= 4 is 54.0 Å². The maximum atomic E-state index is 14.4. The maximum absolute atomic E-state index is 14.4. The lowest BCUT2D eigenvalue weighted by Gasteiger charge is -2.43. The molecule has 0 amide bonds. The van der Waals surface area contributed by atoms with Crippen LogP contribution in [-0.2, 0) is 6.54 Å². The van der Waals surface area contributed by atoms with E-state index in [1.165, 1.54) is 6.07 Å². The monoisotopic (exact) mass is 536 g/mol. The Morgan fingerprint density at radius 1 is 1.12 bits per heavy atom. The van der Waals surface area contributed by atoms with E-state index in [9.17, 15) is 14.3 Å². The van der Waals surface area contributed by atoms with E-state index < -0.39 is 11.8 Å². The van der Waals surface area contributed by atoms with Gasteiger partial charge in [-0.25, -0.2) is 9.18 Å². The van der Waals surface area contributed by atoms with Crippen LogP contribution in [0.25, 0.3) is 0 Å². The first-order chi connectivity index (χ1) is 14.7. The van der Waals surface area contributed by atoms with Gasteiger partial charge in [0.1, 0.15) is 5.82 Å². The number of halogens is 5. The van der Waals surface area contributed by atoms with Crippen molar-refractivity contribution in [1.29, 1.82) is 0 Å². The van der Waals surface area contributed by atoms with Gasteiger partial charge in [0, 0.05) is 48.3 Å². The summed E-state index contributed by atoms with van der Waals surface area (Å²) in [5, 5.41) is 10.6. The van der Waals surface area contributed by atoms with Gasteiger partial charge in [0.15, 0.2) is 0 Å². The quantitative estimate of drug-likeness (QED) is 0.439. The highest BCUT2D eigenvalue weighted by molar-refractivity contribution is 6.34. The second-order valence-corrected chi connectivity index (χ2v) is 9.68. The van der Waals surface area contributed by atoms with Crippen LogP contribution < -0.4 is 0 Å². The molecule has 4 nitrogen and oxygen atoms in total. The van der Waals surface area contributed by atoms with Gasteiger partial charge in [-0.1, -0.05) is 23.2 Å². The standard InChI is InChI=1S/C24H27Cl2FN2O2.2ClH/c1-14-12-28(5-6-29(14)15(2)17-7-19(25)10-20(26)8-17)13-18-9-23(27)22(24(30)31)11-21(18)16-3-4-16;;/h7-11,14-16H,3-6,12-13H2,1-2H3,(H,30,31);2*1H/t14?,15-;;/m1../s1. The molecule has 1 aliphatic heterocycles. The topological polar surface area (TPSA) is 43.8 Å². The lowest BCUT2D eigenvalue weighted by Crippen LogP contribution is -2.52. The molecule has 1 saturated heterocycles. The van der Waals surface area contributed by atoms with Crippen LogP contribution in [0.3, 0.4) is 0 Å². The molecule has 0 spiro atoms. The van der Waals surface area contributed by atoms with Crippen molar-refractivity contribution in [1.82, 2.24) is 9.80 Å². The van der Waals surface area contributed by atoms with Gasteiger partial charge in [-0.3, -0.25) is 9.80 Å². The molecule has 0 aromatic heterocycles. The zero-order valence-electron chi connectivity index (χ0n) is 18.6. The molecule has 1 aliphatic carbocycles. The number of carboxylic acids is 1. The minimum atomic E-state index is -1.21. The molecule has 2 fully saturated rings. The molecule has 1 unspecified atom stereocenters. The number of aromatic carboxylic acids is 1. The lowest BCUT2D eigenvalue weighted by atomic mass is 9.98. The molecule has 0 bridgehead atoms. The third-order valence-corrected chi connectivity index (χ3v) is 6.93. The number of rotatable bonds is 6. The fraction of sp³-hybridized carbons (Fsp3) is 0.458. The van der Waals surface area contributed by atoms with E-state index >= 15 is 0 Å². The minimum Gasteiger partial charge on any atom is -0.478 e. The molecule has 9 heteroatoms. The zero-order chi connectivity index (χ0) is 22.3. The number of benzene rings is 2. The molecule has 2 aliphatic rings. The van der Waals surface area contributed by atoms with Gasteiger partial charge in [0.05, 0.1) is 5.56 Å². The van der Waals surface area contributed by atoms with Gasteiger partial charge in [0.25, 0.3) is 0 Å². The largest absolute Gasteiger partial charge is 0.478 e. The average Bonchev–Trinajstić information content (AvgIpc) is 3.52. The lowest BCUT2D eigenvalue weighted by molar-refractivity contribution is 0.0503. The van der Waals surface area contributed by atoms with Gasteiger partial charge < -0.3 is 5.11 Å². The molecule has 182 valence electrons. The van der Waals surface area contributed by atoms with Crippen molar-refractivity contribution in [3.8, 4) is 0 Å². The summed E-state index contributed by atoms with van der Waals surface area (Å²) >= 11 is 12.4. The molecule has 2 atom stereocenters. The Morgan fingerprint density at radius 3 is 2.30 bits per heavy atom. The van der Waals surface area contributed by atoms with Gasteiger partial charge in [-0.2, -0.15) is 0 Å². The minimum absolute atomic E-state index is 0. The SMILES string of the molecule is CC1CN(Cc2cc(F)c(C(=O)O)cc2C2CC2)CCN1[C@H](C)c1cc(Cl)cc(Cl)c1.Cl.Cl. The molecule has 1 heterocycles. The third-order valence-electron chi connectivity index (χ3n) is 6.50. The molecule has 1 saturated carbocycles. The van der Waals surface area contributed by atoms with Crippen LogP contribution >= 0.6 is 48.0 Å². The summed E-state index contributed by atoms with van der Waals surface area (Å²) in [4.78, 5) is 16.1. The predicted molar refractivity (Wildman–Crippen MR) is 136 cm³/mol. The smallest absolute Gasteiger partial charge is 0.338 e. The highest BCUT2D eigenvalue weighted by Crippen LogP contribution is 2.43. The van der Waals surface area contributed by atoms with Crippen LogP contribution in [0.15, 0.2) is 30.3 Å². The Bertz CT molecular complexity index is 982. The van der Waals surface area contributed by atoms with Crippen molar-refractivity contribution in [2.75, 3.05) is 19.6 Å². The molecule has 2 aromatic rings. The predicted octanol–water partition coefficient (Wildman–Crippen LogP) is 6.82. The van der Waals surface area contributed by atoms with E-state index in [1.54, 1.807) is 12.1 Å². The molecule has 2 aromatic carbocycles. The first-order valence-corrected chi connectivity index (χ1v) is 11.5. The fourth-order valence-corrected chi connectivity index (χ4v) is 5.26. The normalized spacial score (nSPS) is 20.0. The van der Waals surface area contributed by atoms with Crippen molar-refractivity contribution in [3.63, 3.8) is 0 Å². The van der Waals surface area contributed by atoms with Crippen LogP contribution in [0.1, 0.15) is 65.7 Å². The third kappa shape index (κ3) is 6.53. The molecular weight excluding hydrogens is 509 g/mol. The molecule has 1 N–H and O–H groups in total. The van der Waals surface area contributed by atoms with E-state index in [0.717, 1.165) is 49.2 Å². The van der Waals surface area contributed by atoms with Gasteiger partial charge in [-0.05, 0) is 79.6 Å². The Morgan fingerprint density at radius 2 is 1.76 bits per heavy atom. The molecule has 4 rings (SSSR count). The Balaban J connectivity index is 0.00000193. The van der Waals surface area contributed by atoms with Crippen LogP contribution in [0.5, 0.6) is 0 Å². The Kier molecular flexibility index (Phi) is 9.87. The first kappa shape index (κ1) is 28.2. The number of nitrogens with zero attached hydrogens (tertiary/aromatic N) is 2. The highest BCUT2D eigenvalue weighted by atomic mass is 35.5. The summed E-state index contributed by atoms with van der Waals surface area (Å²) in [5.41, 5.74) is 2.79. The van der Waals surface area contributed by atoms with Crippen LogP contribution in [0.2, 0.25) is 10.0 Å². The summed E-state index contributed by atoms with van der Waals surface area (Å²) in [6.07, 6.45) is 2.09. The Labute approximate surface area is 216 Å². The summed E-state index contributed by atoms with van der Waals surface area (Å²) in [6, 6.07) is 9.14. The van der Waals surface area contributed by atoms with Crippen LogP contribution in [0.4, 0.5) is 4.39 Å². The highest BCUT2D eigenvalue weighted by Gasteiger charge is 2.31. The second kappa shape index (κ2) is 11.6. The number of carbonyl (C=O) groups is 1. The summed E-state index contributed by atoms with van der Waals surface area (Å²) < 4.78 is 14.4. The Hall–Kier alpha value is -1.08. The maximum Gasteiger partial charge on any atom is 0.338 e. The van der Waals surface area contributed by atoms with Crippen molar-refractivity contribution in [2.45, 2.75) is 51.2 Å². The number of hydrogen-bond donors (Lipinski definition) is 1. The van der Waals surface area contributed by atoms with Crippen molar-refractivity contribution in [3.05, 3.63) is 68.4 Å². The van der Waals surface area contributed by atoms with Gasteiger partial charge in [0.2, 0.25) is 0 Å². The van der Waals surface area contributed by atoms with Crippen LogP contribution in [-0.4, -0.2) is 46.6 Å². The molecular formula is C24H29Cl4FN2O2. The zero-order valence-corrected chi connectivity index (χ0v) is 21.7. The van der Waals surface area contributed by atoms with E-state index in [0.29, 0.717) is 28.5 Å². The first-order valence-electron chi connectivity index (χ1n) is 10.7. The van der Waals surface area contributed by atoms with Gasteiger partial charge >= 0.3 is 5.97 Å². The number of carboxylic acid groups (broad SMARTS) is 1. The van der Waals surface area contributed by atoms with E-state index in [-0.39, 0.29) is 36.4 Å². The molecule has 0 radical (unpaired) electrons. The van der Waals surface area contributed by atoms with E-state index in [2.05, 4.69) is 23.6 Å². The number of hydrogen-bond acceptors (Lipinski definition) is 3. The summed E-state index contributed by atoms with van der Waals surface area (Å²) in [5.74, 6) is -1.49. The van der Waals surface area contributed by atoms with Crippen molar-refractivity contribution in [2.24, 2.45) is 0 Å². The summed E-state index contributed by atoms with van der Waals surface area (Å²) in [7, 11) is 0. The fourth-order valence-electron chi connectivity index (χ4n) is 4.72.